The lowest BCUT2D eigenvalue weighted by molar-refractivity contribution is 0.0431. The first-order valence-corrected chi connectivity index (χ1v) is 16.4. The Labute approximate surface area is 265 Å². The lowest BCUT2D eigenvalue weighted by Gasteiger charge is -2.46. The zero-order valence-electron chi connectivity index (χ0n) is 26.9. The van der Waals surface area contributed by atoms with Crippen LogP contribution in [0, 0.1) is 29.6 Å². The van der Waals surface area contributed by atoms with E-state index in [0.29, 0.717) is 17.7 Å². The minimum atomic E-state index is -0.00854. The molecule has 2 atom stereocenters. The summed E-state index contributed by atoms with van der Waals surface area (Å²) in [6.07, 6.45) is 37.3. The van der Waals surface area contributed by atoms with Crippen molar-refractivity contribution in [3.05, 3.63) is 72.5 Å². The van der Waals surface area contributed by atoms with Gasteiger partial charge in [-0.25, -0.2) is 9.98 Å². The van der Waals surface area contributed by atoms with E-state index in [1.807, 2.05) is 11.8 Å². The van der Waals surface area contributed by atoms with Gasteiger partial charge in [-0.1, -0.05) is 55.7 Å². The molecule has 7 heteroatoms. The molecular weight excluding hydrogens is 544 g/mol. The summed E-state index contributed by atoms with van der Waals surface area (Å²) in [7, 11) is 0. The van der Waals surface area contributed by atoms with Crippen molar-refractivity contribution in [2.45, 2.75) is 84.6 Å². The number of terminal acetylenes is 1. The SMILES string of the molecule is C#CC.C/C=C\C=C1/CN([C@@H](CC=NCCC2(C3C=CC=CC3)CCN(C(=O)c3cnccn3)CC2)CC2CCC2)C(C)=N1. The van der Waals surface area contributed by atoms with Gasteiger partial charge in [0.25, 0.3) is 5.91 Å². The fourth-order valence-electron chi connectivity index (χ4n) is 6.89. The molecule has 0 bridgehead atoms. The van der Waals surface area contributed by atoms with Crippen molar-refractivity contribution in [1.29, 1.82) is 0 Å². The summed E-state index contributed by atoms with van der Waals surface area (Å²) in [5.74, 6) is 4.71. The molecule has 1 amide bonds. The maximum atomic E-state index is 13.0. The Hall–Kier alpha value is -3.79. The van der Waals surface area contributed by atoms with Gasteiger partial charge in [0.2, 0.25) is 0 Å². The molecule has 0 N–H and O–H groups in total. The first-order valence-electron chi connectivity index (χ1n) is 16.4. The Balaban J connectivity index is 0.00000141. The van der Waals surface area contributed by atoms with Gasteiger partial charge in [-0.2, -0.15) is 0 Å². The van der Waals surface area contributed by atoms with Crippen LogP contribution in [-0.4, -0.2) is 69.9 Å². The lowest BCUT2D eigenvalue weighted by Crippen LogP contribution is -2.46. The maximum Gasteiger partial charge on any atom is 0.274 e. The molecule has 1 aromatic rings. The van der Waals surface area contributed by atoms with E-state index < -0.39 is 0 Å². The summed E-state index contributed by atoms with van der Waals surface area (Å²) in [4.78, 5) is 35.6. The molecule has 44 heavy (non-hydrogen) atoms. The lowest BCUT2D eigenvalue weighted by atomic mass is 9.64. The Kier molecular flexibility index (Phi) is 12.7. The molecule has 4 aliphatic rings. The fraction of sp³-hybridized carbons (Fsp3) is 0.541. The van der Waals surface area contributed by atoms with Crippen molar-refractivity contribution < 1.29 is 4.79 Å². The fourth-order valence-corrected chi connectivity index (χ4v) is 6.89. The standard InChI is InChI=1S/C34H46N6O.C3H4/c1-3-4-13-30-26-40(27(2)38-30)31(24-28-9-8-10-28)14-18-35-19-15-34(29-11-6-5-7-12-29)16-22-39(23-17-34)33(41)32-25-36-20-21-37-32;1-3-2/h3-7,11,13,18,20-21,25,28-29,31H,8-10,12,14-17,19,22-24,26H2,1-2H3;1H,2H3/b4-3-,30-13+,35-18?;/t29?,31-;/m0./s1. The minimum Gasteiger partial charge on any atom is -0.351 e. The van der Waals surface area contributed by atoms with Crippen molar-refractivity contribution in [1.82, 2.24) is 19.8 Å². The van der Waals surface area contributed by atoms with E-state index in [-0.39, 0.29) is 11.3 Å². The zero-order chi connectivity index (χ0) is 31.2. The second-order valence-corrected chi connectivity index (χ2v) is 12.4. The number of aliphatic imine (C=N–C) groups is 2. The summed E-state index contributed by atoms with van der Waals surface area (Å²) in [6.45, 7) is 9.10. The molecule has 0 radical (unpaired) electrons. The van der Waals surface area contributed by atoms with Crippen LogP contribution in [0.2, 0.25) is 0 Å². The third-order valence-corrected chi connectivity index (χ3v) is 9.65. The van der Waals surface area contributed by atoms with Crippen LogP contribution in [0.1, 0.15) is 89.0 Å². The molecule has 5 rings (SSSR count). The van der Waals surface area contributed by atoms with E-state index in [0.717, 1.165) is 75.7 Å². The molecule has 3 heterocycles. The summed E-state index contributed by atoms with van der Waals surface area (Å²) >= 11 is 0. The molecular formula is C37H50N6O. The highest BCUT2D eigenvalue weighted by molar-refractivity contribution is 5.92. The van der Waals surface area contributed by atoms with Crippen LogP contribution in [0.15, 0.2) is 76.8 Å². The smallest absolute Gasteiger partial charge is 0.274 e. The van der Waals surface area contributed by atoms with Crippen molar-refractivity contribution in [2.75, 3.05) is 26.2 Å². The van der Waals surface area contributed by atoms with Gasteiger partial charge in [0.15, 0.2) is 0 Å². The van der Waals surface area contributed by atoms with Gasteiger partial charge >= 0.3 is 0 Å². The number of piperidine rings is 1. The quantitative estimate of drug-likeness (QED) is 0.203. The average Bonchev–Trinajstić information content (AvgIpc) is 3.41. The molecule has 234 valence electrons. The number of hydrogen-bond acceptors (Lipinski definition) is 6. The number of hydrogen-bond donors (Lipinski definition) is 0. The van der Waals surface area contributed by atoms with E-state index in [1.165, 1.54) is 25.7 Å². The van der Waals surface area contributed by atoms with E-state index in [1.54, 1.807) is 25.5 Å². The van der Waals surface area contributed by atoms with Gasteiger partial charge in [0.1, 0.15) is 11.5 Å². The minimum absolute atomic E-state index is 0.00854. The highest BCUT2D eigenvalue weighted by atomic mass is 16.2. The number of allylic oxidation sites excluding steroid dienone is 7. The van der Waals surface area contributed by atoms with Crippen LogP contribution in [0.25, 0.3) is 0 Å². The van der Waals surface area contributed by atoms with E-state index in [2.05, 4.69) is 82.9 Å². The third kappa shape index (κ3) is 8.87. The van der Waals surface area contributed by atoms with Crippen LogP contribution in [0.5, 0.6) is 0 Å². The van der Waals surface area contributed by atoms with Crippen molar-refractivity contribution in [3.63, 3.8) is 0 Å². The highest BCUT2D eigenvalue weighted by Gasteiger charge is 2.41. The van der Waals surface area contributed by atoms with Crippen molar-refractivity contribution in [3.8, 4) is 12.3 Å². The Bertz CT molecular complexity index is 1290. The largest absolute Gasteiger partial charge is 0.351 e. The molecule has 1 saturated carbocycles. The van der Waals surface area contributed by atoms with Crippen LogP contribution in [0.4, 0.5) is 0 Å². The van der Waals surface area contributed by atoms with Crippen molar-refractivity contribution in [2.24, 2.45) is 27.2 Å². The summed E-state index contributed by atoms with van der Waals surface area (Å²) in [6, 6.07) is 0.458. The molecule has 0 spiro atoms. The molecule has 2 aliphatic carbocycles. The first kappa shape index (κ1) is 33.1. The number of carbonyl (C=O) groups excluding carboxylic acids is 1. The first-order chi connectivity index (χ1) is 21.5. The van der Waals surface area contributed by atoms with E-state index in [4.69, 9.17) is 9.98 Å². The predicted molar refractivity (Wildman–Crippen MR) is 182 cm³/mol. The second-order valence-electron chi connectivity index (χ2n) is 12.4. The third-order valence-electron chi connectivity index (χ3n) is 9.65. The van der Waals surface area contributed by atoms with Gasteiger partial charge in [0, 0.05) is 50.7 Å². The van der Waals surface area contributed by atoms with Crippen molar-refractivity contribution >= 4 is 18.0 Å². The predicted octanol–water partition coefficient (Wildman–Crippen LogP) is 7.07. The van der Waals surface area contributed by atoms with Gasteiger partial charge in [0.05, 0.1) is 18.4 Å². The van der Waals surface area contributed by atoms with Crippen LogP contribution in [-0.2, 0) is 0 Å². The number of amidine groups is 1. The summed E-state index contributed by atoms with van der Waals surface area (Å²) in [5.41, 5.74) is 1.74. The van der Waals surface area contributed by atoms with Crippen LogP contribution < -0.4 is 0 Å². The molecule has 7 nitrogen and oxygen atoms in total. The van der Waals surface area contributed by atoms with Gasteiger partial charge in [-0.15, -0.1) is 12.3 Å². The number of carbonyl (C=O) groups is 1. The van der Waals surface area contributed by atoms with E-state index in [9.17, 15) is 4.79 Å². The van der Waals surface area contributed by atoms with Crippen LogP contribution in [0.3, 0.4) is 0 Å². The topological polar surface area (TPSA) is 74.0 Å². The number of aromatic nitrogens is 2. The molecule has 0 aromatic carbocycles. The second kappa shape index (κ2) is 16.9. The highest BCUT2D eigenvalue weighted by Crippen LogP contribution is 2.45. The molecule has 2 fully saturated rings. The Morgan fingerprint density at radius 3 is 2.68 bits per heavy atom. The normalized spacial score (nSPS) is 22.9. The Morgan fingerprint density at radius 2 is 2.05 bits per heavy atom. The van der Waals surface area contributed by atoms with Gasteiger partial charge in [-0.3, -0.25) is 14.8 Å². The molecule has 1 saturated heterocycles. The van der Waals surface area contributed by atoms with Gasteiger partial charge < -0.3 is 9.80 Å². The molecule has 1 unspecified atom stereocenters. The number of amides is 1. The molecule has 1 aromatic heterocycles. The zero-order valence-corrected chi connectivity index (χ0v) is 26.9. The van der Waals surface area contributed by atoms with Crippen LogP contribution >= 0.6 is 0 Å². The Morgan fingerprint density at radius 1 is 1.25 bits per heavy atom. The number of nitrogens with zero attached hydrogens (tertiary/aromatic N) is 6. The maximum absolute atomic E-state index is 13.0. The number of likely N-dealkylation sites (tertiary alicyclic amines) is 1. The average molecular weight is 595 g/mol. The number of rotatable bonds is 11. The van der Waals surface area contributed by atoms with E-state index >= 15 is 0 Å². The molecule has 2 aliphatic heterocycles. The summed E-state index contributed by atoms with van der Waals surface area (Å²) < 4.78 is 0. The summed E-state index contributed by atoms with van der Waals surface area (Å²) in [5, 5.41) is 0. The van der Waals surface area contributed by atoms with Gasteiger partial charge in [-0.05, 0) is 76.2 Å². The monoisotopic (exact) mass is 594 g/mol.